The van der Waals surface area contributed by atoms with Crippen LogP contribution in [0.3, 0.4) is 0 Å². The Morgan fingerprint density at radius 3 is 1.80 bits per heavy atom. The molecule has 7 heteroatoms. The third-order valence-corrected chi connectivity index (χ3v) is 4.33. The van der Waals surface area contributed by atoms with Gasteiger partial charge in [0.2, 0.25) is 0 Å². The molecule has 0 saturated carbocycles. The molecule has 90 valence electrons. The SMILES string of the molecule is CCO[Si](CNC(=O)F)(OCC)OCC. The van der Waals surface area contributed by atoms with Gasteiger partial charge in [0, 0.05) is 19.8 Å². The summed E-state index contributed by atoms with van der Waals surface area (Å²) in [6.07, 6.45) is -1.65. The second-order valence-electron chi connectivity index (χ2n) is 2.61. The minimum atomic E-state index is -2.93. The van der Waals surface area contributed by atoms with Crippen LogP contribution in [0.5, 0.6) is 0 Å². The van der Waals surface area contributed by atoms with Gasteiger partial charge in [-0.1, -0.05) is 0 Å². The predicted octanol–water partition coefficient (Wildman–Crippen LogP) is 1.25. The first-order valence-electron chi connectivity index (χ1n) is 4.95. The summed E-state index contributed by atoms with van der Waals surface area (Å²) in [4.78, 5) is 10.2. The van der Waals surface area contributed by atoms with Gasteiger partial charge in [-0.25, -0.2) is 4.79 Å². The summed E-state index contributed by atoms with van der Waals surface area (Å²) < 4.78 is 28.2. The Hall–Kier alpha value is -0.503. The number of amides is 1. The van der Waals surface area contributed by atoms with Crippen LogP contribution in [0.15, 0.2) is 0 Å². The highest BCUT2D eigenvalue weighted by molar-refractivity contribution is 6.61. The zero-order chi connectivity index (χ0) is 11.7. The van der Waals surface area contributed by atoms with E-state index in [9.17, 15) is 9.18 Å². The van der Waals surface area contributed by atoms with Gasteiger partial charge in [-0.05, 0) is 20.8 Å². The molecule has 0 rings (SSSR count). The van der Waals surface area contributed by atoms with E-state index in [2.05, 4.69) is 0 Å². The van der Waals surface area contributed by atoms with Crippen molar-refractivity contribution in [3.05, 3.63) is 0 Å². The fraction of sp³-hybridized carbons (Fsp3) is 0.875. The average molecular weight is 239 g/mol. The number of hydrogen-bond donors (Lipinski definition) is 1. The summed E-state index contributed by atoms with van der Waals surface area (Å²) in [7, 11) is -2.93. The Morgan fingerprint density at radius 1 is 1.13 bits per heavy atom. The molecule has 15 heavy (non-hydrogen) atoms. The standard InChI is InChI=1S/C8H18FNO4Si/c1-4-12-15(13-5-2,14-6-3)7-10-8(9)11/h4-7H2,1-3H3,(H,10,11). The maximum absolute atomic E-state index is 12.1. The number of rotatable bonds is 8. The molecule has 0 radical (unpaired) electrons. The van der Waals surface area contributed by atoms with Crippen LogP contribution in [0.25, 0.3) is 0 Å². The minimum absolute atomic E-state index is 0.0438. The van der Waals surface area contributed by atoms with Crippen LogP contribution in [0.2, 0.25) is 0 Å². The zero-order valence-electron chi connectivity index (χ0n) is 9.34. The normalized spacial score (nSPS) is 11.5. The lowest BCUT2D eigenvalue weighted by Gasteiger charge is -2.27. The molecular formula is C8H18FNO4Si. The predicted molar refractivity (Wildman–Crippen MR) is 55.1 cm³/mol. The molecule has 0 unspecified atom stereocenters. The van der Waals surface area contributed by atoms with Gasteiger partial charge in [0.15, 0.2) is 0 Å². The van der Waals surface area contributed by atoms with Crippen LogP contribution in [0.1, 0.15) is 20.8 Å². The van der Waals surface area contributed by atoms with E-state index < -0.39 is 15.0 Å². The molecule has 0 saturated heterocycles. The number of carbonyl (C=O) groups is 1. The first kappa shape index (κ1) is 14.5. The Balaban J connectivity index is 4.37. The zero-order valence-corrected chi connectivity index (χ0v) is 10.3. The van der Waals surface area contributed by atoms with E-state index in [1.165, 1.54) is 0 Å². The van der Waals surface area contributed by atoms with Crippen molar-refractivity contribution in [2.75, 3.05) is 26.0 Å². The monoisotopic (exact) mass is 239 g/mol. The Kier molecular flexibility index (Phi) is 7.49. The van der Waals surface area contributed by atoms with Gasteiger partial charge in [-0.15, -0.1) is 4.39 Å². The van der Waals surface area contributed by atoms with E-state index in [0.29, 0.717) is 19.8 Å². The van der Waals surface area contributed by atoms with Gasteiger partial charge >= 0.3 is 15.0 Å². The number of halogens is 1. The van der Waals surface area contributed by atoms with E-state index >= 15 is 0 Å². The molecule has 0 aromatic heterocycles. The number of carbonyl (C=O) groups excluding carboxylic acids is 1. The minimum Gasteiger partial charge on any atom is -0.373 e. The average Bonchev–Trinajstić information content (AvgIpc) is 2.16. The van der Waals surface area contributed by atoms with Crippen molar-refractivity contribution in [3.63, 3.8) is 0 Å². The summed E-state index contributed by atoms with van der Waals surface area (Å²) >= 11 is 0. The van der Waals surface area contributed by atoms with Crippen molar-refractivity contribution in [1.29, 1.82) is 0 Å². The number of nitrogens with one attached hydrogen (secondary N) is 1. The third kappa shape index (κ3) is 5.83. The van der Waals surface area contributed by atoms with Crippen LogP contribution in [0, 0.1) is 0 Å². The highest BCUT2D eigenvalue weighted by Crippen LogP contribution is 2.08. The summed E-state index contributed by atoms with van der Waals surface area (Å²) in [5, 5.41) is 2.02. The van der Waals surface area contributed by atoms with Gasteiger partial charge in [-0.2, -0.15) is 0 Å². The molecule has 0 fully saturated rings. The van der Waals surface area contributed by atoms with Crippen LogP contribution in [0.4, 0.5) is 9.18 Å². The quantitative estimate of drug-likeness (QED) is 0.393. The van der Waals surface area contributed by atoms with Gasteiger partial charge in [-0.3, -0.25) is 0 Å². The van der Waals surface area contributed by atoms with Crippen molar-refractivity contribution >= 4 is 15.0 Å². The molecule has 0 aliphatic rings. The van der Waals surface area contributed by atoms with Gasteiger partial charge in [0.05, 0.1) is 6.17 Å². The molecule has 0 spiro atoms. The molecule has 5 nitrogen and oxygen atoms in total. The van der Waals surface area contributed by atoms with E-state index in [-0.39, 0.29) is 6.17 Å². The summed E-state index contributed by atoms with van der Waals surface area (Å²) in [5.41, 5.74) is 0. The van der Waals surface area contributed by atoms with Gasteiger partial charge in [0.1, 0.15) is 0 Å². The molecule has 0 aromatic carbocycles. The third-order valence-electron chi connectivity index (χ3n) is 1.54. The summed E-state index contributed by atoms with van der Waals surface area (Å²) in [5.74, 6) is 0. The Morgan fingerprint density at radius 2 is 1.53 bits per heavy atom. The summed E-state index contributed by atoms with van der Waals surface area (Å²) in [6, 6.07) is 0. The van der Waals surface area contributed by atoms with Crippen LogP contribution in [-0.2, 0) is 13.3 Å². The molecule has 1 amide bonds. The fourth-order valence-electron chi connectivity index (χ4n) is 1.12. The van der Waals surface area contributed by atoms with Crippen LogP contribution >= 0.6 is 0 Å². The van der Waals surface area contributed by atoms with Crippen molar-refractivity contribution < 1.29 is 22.5 Å². The Bertz CT molecular complexity index is 176. The second kappa shape index (κ2) is 7.75. The van der Waals surface area contributed by atoms with Crippen molar-refractivity contribution in [1.82, 2.24) is 5.32 Å². The van der Waals surface area contributed by atoms with E-state index in [0.717, 1.165) is 0 Å². The van der Waals surface area contributed by atoms with Gasteiger partial charge < -0.3 is 18.6 Å². The summed E-state index contributed by atoms with van der Waals surface area (Å²) in [6.45, 7) is 6.56. The smallest absolute Gasteiger partial charge is 0.373 e. The lowest BCUT2D eigenvalue weighted by atomic mass is 10.9. The van der Waals surface area contributed by atoms with Crippen molar-refractivity contribution in [2.45, 2.75) is 20.8 Å². The fourth-order valence-corrected chi connectivity index (χ4v) is 3.35. The molecule has 0 heterocycles. The molecule has 0 atom stereocenters. The molecule has 0 aliphatic heterocycles. The van der Waals surface area contributed by atoms with Crippen molar-refractivity contribution in [3.8, 4) is 0 Å². The maximum atomic E-state index is 12.1. The molecular weight excluding hydrogens is 221 g/mol. The highest BCUT2D eigenvalue weighted by Gasteiger charge is 2.41. The lowest BCUT2D eigenvalue weighted by Crippen LogP contribution is -2.54. The molecule has 0 aliphatic carbocycles. The van der Waals surface area contributed by atoms with E-state index in [1.807, 2.05) is 5.32 Å². The van der Waals surface area contributed by atoms with Crippen molar-refractivity contribution in [2.24, 2.45) is 0 Å². The topological polar surface area (TPSA) is 56.8 Å². The molecule has 1 N–H and O–H groups in total. The van der Waals surface area contributed by atoms with Crippen LogP contribution < -0.4 is 5.32 Å². The first-order valence-corrected chi connectivity index (χ1v) is 6.88. The number of hydrogen-bond acceptors (Lipinski definition) is 4. The van der Waals surface area contributed by atoms with E-state index in [1.54, 1.807) is 20.8 Å². The van der Waals surface area contributed by atoms with Gasteiger partial charge in [0.25, 0.3) is 0 Å². The first-order chi connectivity index (χ1) is 7.10. The molecule has 0 aromatic rings. The van der Waals surface area contributed by atoms with E-state index in [4.69, 9.17) is 13.3 Å². The van der Waals surface area contributed by atoms with Crippen LogP contribution in [-0.4, -0.2) is 41.0 Å². The lowest BCUT2D eigenvalue weighted by molar-refractivity contribution is 0.0703. The molecule has 0 bridgehead atoms. The Labute approximate surface area is 90.3 Å². The highest BCUT2D eigenvalue weighted by atomic mass is 28.4. The second-order valence-corrected chi connectivity index (χ2v) is 5.19. The maximum Gasteiger partial charge on any atom is 0.521 e. The largest absolute Gasteiger partial charge is 0.521 e.